The van der Waals surface area contributed by atoms with E-state index in [2.05, 4.69) is 37.3 Å². The van der Waals surface area contributed by atoms with E-state index in [1.165, 1.54) is 30.4 Å². The molecule has 138 valence electrons. The summed E-state index contributed by atoms with van der Waals surface area (Å²) in [5.41, 5.74) is 2.58. The van der Waals surface area contributed by atoms with Gasteiger partial charge < -0.3 is 0 Å². The van der Waals surface area contributed by atoms with Crippen LogP contribution in [0.4, 0.5) is 0 Å². The molecule has 0 radical (unpaired) electrons. The molecule has 0 N–H and O–H groups in total. The number of benzene rings is 2. The molecule has 1 spiro atoms. The molecule has 2 aromatic carbocycles. The second-order valence-electron chi connectivity index (χ2n) is 8.12. The quantitative estimate of drug-likeness (QED) is 0.567. The van der Waals surface area contributed by atoms with Crippen LogP contribution in [0.5, 0.6) is 0 Å². The van der Waals surface area contributed by atoms with E-state index in [1.54, 1.807) is 0 Å². The van der Waals surface area contributed by atoms with Crippen LogP contribution >= 0.6 is 11.6 Å². The fourth-order valence-corrected chi connectivity index (χ4v) is 7.77. The first kappa shape index (κ1) is 18.3. The molecule has 0 saturated heterocycles. The van der Waals surface area contributed by atoms with Crippen LogP contribution in [0.25, 0.3) is 0 Å². The van der Waals surface area contributed by atoms with E-state index in [4.69, 9.17) is 11.6 Å². The summed E-state index contributed by atoms with van der Waals surface area (Å²) in [6, 6.07) is 18.8. The molecular weight excluding hydrogens is 360 g/mol. The van der Waals surface area contributed by atoms with Gasteiger partial charge in [0.1, 0.15) is 4.21 Å². The van der Waals surface area contributed by atoms with Crippen molar-refractivity contribution < 1.29 is 4.21 Å². The Balaban J connectivity index is 1.63. The van der Waals surface area contributed by atoms with Crippen LogP contribution in [-0.4, -0.2) is 8.42 Å². The molecule has 0 aliphatic heterocycles. The number of rotatable bonds is 4. The third-order valence-corrected chi connectivity index (χ3v) is 9.45. The largest absolute Gasteiger partial charge is 0.252 e. The molecule has 2 fully saturated rings. The fraction of sp³-hybridized carbons (Fsp3) is 0.478. The van der Waals surface area contributed by atoms with Crippen molar-refractivity contribution in [3.8, 4) is 0 Å². The average molecular weight is 387 g/mol. The molecular formula is C23H27ClOS. The van der Waals surface area contributed by atoms with E-state index in [1.807, 2.05) is 24.3 Å². The van der Waals surface area contributed by atoms with Crippen molar-refractivity contribution >= 4 is 22.4 Å². The minimum atomic E-state index is -1.17. The first-order chi connectivity index (χ1) is 12.6. The summed E-state index contributed by atoms with van der Waals surface area (Å²) in [4.78, 5) is 0.883. The predicted octanol–water partition coefficient (Wildman–Crippen LogP) is 6.25. The molecule has 0 bridgehead atoms. The molecule has 0 amide bonds. The lowest BCUT2D eigenvalue weighted by Gasteiger charge is -2.62. The standard InChI is InChI=1S/C23H27ClOS/c1-18-10-12-21(13-11-18)26(25)23(24)17-20(16-19-8-4-2-5-9-19)22(23)14-6-3-7-15-22/h2,4-5,8-13,20H,3,6-7,14-17H2,1H3/t20-,23-,26+/m0/s1. The predicted molar refractivity (Wildman–Crippen MR) is 110 cm³/mol. The summed E-state index contributed by atoms with van der Waals surface area (Å²) in [6.07, 6.45) is 7.85. The Labute approximate surface area is 164 Å². The third-order valence-electron chi connectivity index (χ3n) is 6.63. The summed E-state index contributed by atoms with van der Waals surface area (Å²) >= 11 is 7.23. The molecule has 2 aliphatic rings. The first-order valence-corrected chi connectivity index (χ1v) is 11.3. The van der Waals surface area contributed by atoms with Crippen LogP contribution in [0.1, 0.15) is 49.7 Å². The minimum Gasteiger partial charge on any atom is -0.252 e. The number of hydrogen-bond donors (Lipinski definition) is 0. The van der Waals surface area contributed by atoms with Gasteiger partial charge in [-0.2, -0.15) is 0 Å². The van der Waals surface area contributed by atoms with Crippen LogP contribution in [0.3, 0.4) is 0 Å². The summed E-state index contributed by atoms with van der Waals surface area (Å²) in [6.45, 7) is 2.06. The summed E-state index contributed by atoms with van der Waals surface area (Å²) in [5, 5.41) is 0. The third kappa shape index (κ3) is 2.96. The SMILES string of the molecule is Cc1ccc([S@@](=O)[C@@]2(Cl)C[C@H](Cc3ccccc3)C23CCCCC3)cc1. The van der Waals surface area contributed by atoms with E-state index in [0.717, 1.165) is 30.6 Å². The van der Waals surface area contributed by atoms with Crippen molar-refractivity contribution in [1.29, 1.82) is 0 Å². The number of hydrogen-bond acceptors (Lipinski definition) is 1. The van der Waals surface area contributed by atoms with Crippen molar-refractivity contribution in [3.05, 3.63) is 65.7 Å². The maximum Gasteiger partial charge on any atom is 0.130 e. The van der Waals surface area contributed by atoms with Gasteiger partial charge in [0.15, 0.2) is 0 Å². The van der Waals surface area contributed by atoms with E-state index in [-0.39, 0.29) is 5.41 Å². The van der Waals surface area contributed by atoms with E-state index in [9.17, 15) is 4.21 Å². The van der Waals surface area contributed by atoms with Gasteiger partial charge in [-0.25, -0.2) is 0 Å². The van der Waals surface area contributed by atoms with Crippen LogP contribution in [0.2, 0.25) is 0 Å². The molecule has 2 aliphatic carbocycles. The highest BCUT2D eigenvalue weighted by molar-refractivity contribution is 7.88. The Hall–Kier alpha value is -1.12. The van der Waals surface area contributed by atoms with Crippen molar-refractivity contribution in [1.82, 2.24) is 0 Å². The number of halogens is 1. The van der Waals surface area contributed by atoms with Crippen LogP contribution in [0.15, 0.2) is 59.5 Å². The van der Waals surface area contributed by atoms with Crippen molar-refractivity contribution in [2.75, 3.05) is 0 Å². The van der Waals surface area contributed by atoms with Gasteiger partial charge in [0.25, 0.3) is 0 Å². The highest BCUT2D eigenvalue weighted by atomic mass is 35.5. The second-order valence-corrected chi connectivity index (χ2v) is 10.7. The van der Waals surface area contributed by atoms with Crippen LogP contribution < -0.4 is 0 Å². The Kier molecular flexibility index (Phi) is 5.00. The normalized spacial score (nSPS) is 28.5. The Bertz CT molecular complexity index is 780. The van der Waals surface area contributed by atoms with Gasteiger partial charge in [-0.05, 0) is 56.2 Å². The second kappa shape index (κ2) is 7.13. The lowest BCUT2D eigenvalue weighted by Crippen LogP contribution is -2.63. The Morgan fingerprint density at radius 1 is 1.00 bits per heavy atom. The summed E-state index contributed by atoms with van der Waals surface area (Å²) in [7, 11) is -1.17. The highest BCUT2D eigenvalue weighted by Crippen LogP contribution is 2.67. The highest BCUT2D eigenvalue weighted by Gasteiger charge is 2.67. The Morgan fingerprint density at radius 3 is 2.31 bits per heavy atom. The molecule has 0 aromatic heterocycles. The van der Waals surface area contributed by atoms with E-state index < -0.39 is 15.0 Å². The molecule has 0 heterocycles. The maximum atomic E-state index is 13.5. The lowest BCUT2D eigenvalue weighted by molar-refractivity contribution is -0.0210. The molecule has 2 aromatic rings. The zero-order chi connectivity index (χ0) is 18.2. The van der Waals surface area contributed by atoms with E-state index in [0.29, 0.717) is 5.92 Å². The lowest BCUT2D eigenvalue weighted by atomic mass is 9.51. The van der Waals surface area contributed by atoms with Crippen molar-refractivity contribution in [3.63, 3.8) is 0 Å². The fourth-order valence-electron chi connectivity index (χ4n) is 5.13. The van der Waals surface area contributed by atoms with Gasteiger partial charge in [-0.3, -0.25) is 4.21 Å². The molecule has 3 atom stereocenters. The zero-order valence-corrected chi connectivity index (χ0v) is 17.0. The molecule has 3 heteroatoms. The van der Waals surface area contributed by atoms with Gasteiger partial charge in [0.2, 0.25) is 0 Å². The van der Waals surface area contributed by atoms with E-state index >= 15 is 0 Å². The zero-order valence-electron chi connectivity index (χ0n) is 15.4. The summed E-state index contributed by atoms with van der Waals surface area (Å²) in [5.74, 6) is 0.539. The van der Waals surface area contributed by atoms with Gasteiger partial charge >= 0.3 is 0 Å². The van der Waals surface area contributed by atoms with Gasteiger partial charge in [0.05, 0.1) is 10.8 Å². The molecule has 2 saturated carbocycles. The topological polar surface area (TPSA) is 17.1 Å². The minimum absolute atomic E-state index is 0.0123. The monoisotopic (exact) mass is 386 g/mol. The number of aryl methyl sites for hydroxylation is 1. The average Bonchev–Trinajstić information content (AvgIpc) is 2.69. The van der Waals surface area contributed by atoms with Gasteiger partial charge in [0, 0.05) is 10.3 Å². The van der Waals surface area contributed by atoms with Crippen molar-refractivity contribution in [2.45, 2.75) is 61.0 Å². The van der Waals surface area contributed by atoms with Crippen LogP contribution in [0, 0.1) is 18.3 Å². The number of alkyl halides is 1. The molecule has 0 unspecified atom stereocenters. The van der Waals surface area contributed by atoms with Crippen LogP contribution in [-0.2, 0) is 17.2 Å². The molecule has 4 rings (SSSR count). The van der Waals surface area contributed by atoms with Crippen molar-refractivity contribution in [2.24, 2.45) is 11.3 Å². The Morgan fingerprint density at radius 2 is 1.65 bits per heavy atom. The summed E-state index contributed by atoms with van der Waals surface area (Å²) < 4.78 is 12.9. The maximum absolute atomic E-state index is 13.5. The first-order valence-electron chi connectivity index (χ1n) is 9.77. The van der Waals surface area contributed by atoms with Gasteiger partial charge in [-0.15, -0.1) is 11.6 Å². The smallest absolute Gasteiger partial charge is 0.130 e. The molecule has 26 heavy (non-hydrogen) atoms. The van der Waals surface area contributed by atoms with Gasteiger partial charge in [-0.1, -0.05) is 67.3 Å². The molecule has 1 nitrogen and oxygen atoms in total.